The predicted octanol–water partition coefficient (Wildman–Crippen LogP) is 3.38. The van der Waals surface area contributed by atoms with Crippen LogP contribution >= 0.6 is 0 Å². The molecule has 31 heavy (non-hydrogen) atoms. The lowest BCUT2D eigenvalue weighted by Crippen LogP contribution is -2.40. The summed E-state index contributed by atoms with van der Waals surface area (Å²) in [7, 11) is -2.59. The minimum atomic E-state index is -4.55. The number of methoxy groups -OCH3 is 1. The van der Waals surface area contributed by atoms with Crippen molar-refractivity contribution in [1.82, 2.24) is 4.31 Å². The first-order valence-corrected chi connectivity index (χ1v) is 10.6. The zero-order chi connectivity index (χ0) is 22.6. The lowest BCUT2D eigenvalue weighted by Gasteiger charge is -2.26. The molecule has 2 amide bonds. The minimum absolute atomic E-state index is 0.0676. The van der Waals surface area contributed by atoms with Gasteiger partial charge in [0, 0.05) is 24.5 Å². The molecular weight excluding hydrogens is 439 g/mol. The standard InChI is InChI=1S/C19H20F3N3O5S/c1-29-16-6-5-15(12-17(16)31(27,28)25-7-9-30-10-8-25)24-18(26)23-14-4-2-3-13(11-14)19(20,21)22/h2-6,11-12H,7-10H2,1H3,(H2,23,24,26). The Morgan fingerprint density at radius 3 is 2.32 bits per heavy atom. The third kappa shape index (κ3) is 5.46. The quantitative estimate of drug-likeness (QED) is 0.715. The fraction of sp³-hybridized carbons (Fsp3) is 0.316. The molecule has 0 spiro atoms. The maximum absolute atomic E-state index is 13.0. The molecule has 0 bridgehead atoms. The molecule has 3 rings (SSSR count). The first-order chi connectivity index (χ1) is 14.6. The Morgan fingerprint density at radius 1 is 1.06 bits per heavy atom. The Labute approximate surface area is 177 Å². The van der Waals surface area contributed by atoms with Crippen molar-refractivity contribution in [3.63, 3.8) is 0 Å². The van der Waals surface area contributed by atoms with Gasteiger partial charge >= 0.3 is 12.2 Å². The number of carbonyl (C=O) groups is 1. The molecule has 1 aliphatic heterocycles. The average Bonchev–Trinajstić information content (AvgIpc) is 2.74. The fourth-order valence-corrected chi connectivity index (χ4v) is 4.54. The van der Waals surface area contributed by atoms with Crippen LogP contribution < -0.4 is 15.4 Å². The van der Waals surface area contributed by atoms with E-state index >= 15 is 0 Å². The van der Waals surface area contributed by atoms with Crippen molar-refractivity contribution in [2.24, 2.45) is 0 Å². The highest BCUT2D eigenvalue weighted by Crippen LogP contribution is 2.32. The number of carbonyl (C=O) groups excluding carboxylic acids is 1. The molecule has 0 radical (unpaired) electrons. The van der Waals surface area contributed by atoms with Crippen LogP contribution in [-0.4, -0.2) is 52.2 Å². The van der Waals surface area contributed by atoms with E-state index in [9.17, 15) is 26.4 Å². The van der Waals surface area contributed by atoms with Crippen molar-refractivity contribution in [3.05, 3.63) is 48.0 Å². The number of halogens is 3. The van der Waals surface area contributed by atoms with Gasteiger partial charge in [-0.3, -0.25) is 0 Å². The number of nitrogens with zero attached hydrogens (tertiary/aromatic N) is 1. The molecule has 0 atom stereocenters. The van der Waals surface area contributed by atoms with Gasteiger partial charge in [0.25, 0.3) is 0 Å². The van der Waals surface area contributed by atoms with E-state index in [1.807, 2.05) is 0 Å². The summed E-state index contributed by atoms with van der Waals surface area (Å²) in [6.07, 6.45) is -4.55. The number of hydrogen-bond acceptors (Lipinski definition) is 5. The second-order valence-corrected chi connectivity index (χ2v) is 8.45. The van der Waals surface area contributed by atoms with Crippen LogP contribution in [0, 0.1) is 0 Å². The van der Waals surface area contributed by atoms with Gasteiger partial charge < -0.3 is 20.1 Å². The number of nitrogens with one attached hydrogen (secondary N) is 2. The van der Waals surface area contributed by atoms with E-state index in [1.54, 1.807) is 0 Å². The van der Waals surface area contributed by atoms with Crippen LogP contribution in [0.5, 0.6) is 5.75 Å². The zero-order valence-electron chi connectivity index (χ0n) is 16.4. The largest absolute Gasteiger partial charge is 0.495 e. The molecule has 1 aliphatic rings. The van der Waals surface area contributed by atoms with Crippen molar-refractivity contribution in [1.29, 1.82) is 0 Å². The summed E-state index contributed by atoms with van der Waals surface area (Å²) in [5.41, 5.74) is -0.854. The van der Waals surface area contributed by atoms with Crippen molar-refractivity contribution in [2.45, 2.75) is 11.1 Å². The van der Waals surface area contributed by atoms with Gasteiger partial charge in [0.1, 0.15) is 10.6 Å². The van der Waals surface area contributed by atoms with E-state index in [-0.39, 0.29) is 48.3 Å². The molecule has 168 valence electrons. The number of rotatable bonds is 5. The van der Waals surface area contributed by atoms with Crippen LogP contribution in [0.25, 0.3) is 0 Å². The van der Waals surface area contributed by atoms with Gasteiger partial charge in [-0.15, -0.1) is 0 Å². The molecule has 12 heteroatoms. The van der Waals surface area contributed by atoms with Crippen LogP contribution in [0.15, 0.2) is 47.4 Å². The molecule has 0 saturated carbocycles. The molecule has 0 unspecified atom stereocenters. The first-order valence-electron chi connectivity index (χ1n) is 9.12. The summed E-state index contributed by atoms with van der Waals surface area (Å²) in [5.74, 6) is 0.0929. The highest BCUT2D eigenvalue weighted by atomic mass is 32.2. The minimum Gasteiger partial charge on any atom is -0.495 e. The number of amides is 2. The SMILES string of the molecule is COc1ccc(NC(=O)Nc2cccc(C(F)(F)F)c2)cc1S(=O)(=O)N1CCOCC1. The lowest BCUT2D eigenvalue weighted by molar-refractivity contribution is -0.137. The summed E-state index contributed by atoms with van der Waals surface area (Å²) < 4.78 is 76.0. The predicted molar refractivity (Wildman–Crippen MR) is 107 cm³/mol. The summed E-state index contributed by atoms with van der Waals surface area (Å²) in [4.78, 5) is 12.1. The Kier molecular flexibility index (Phi) is 6.72. The van der Waals surface area contributed by atoms with E-state index in [0.717, 1.165) is 12.1 Å². The van der Waals surface area contributed by atoms with E-state index < -0.39 is 27.8 Å². The summed E-state index contributed by atoms with van der Waals surface area (Å²) in [6, 6.07) is 7.35. The van der Waals surface area contributed by atoms with Crippen molar-refractivity contribution >= 4 is 27.4 Å². The molecular formula is C19H20F3N3O5S. The third-order valence-electron chi connectivity index (χ3n) is 4.46. The van der Waals surface area contributed by atoms with Crippen molar-refractivity contribution < 1.29 is 35.9 Å². The summed E-state index contributed by atoms with van der Waals surface area (Å²) in [6.45, 7) is 0.885. The number of ether oxygens (including phenoxy) is 2. The van der Waals surface area contributed by atoms with Crippen molar-refractivity contribution in [2.75, 3.05) is 44.0 Å². The van der Waals surface area contributed by atoms with E-state index in [4.69, 9.17) is 9.47 Å². The molecule has 2 aromatic carbocycles. The Hall–Kier alpha value is -2.83. The molecule has 8 nitrogen and oxygen atoms in total. The van der Waals surface area contributed by atoms with Gasteiger partial charge in [-0.1, -0.05) is 6.07 Å². The number of hydrogen-bond donors (Lipinski definition) is 2. The first kappa shape index (κ1) is 22.8. The van der Waals surface area contributed by atoms with Crippen LogP contribution in [0.4, 0.5) is 29.3 Å². The van der Waals surface area contributed by atoms with Gasteiger partial charge in [-0.25, -0.2) is 13.2 Å². The fourth-order valence-electron chi connectivity index (χ4n) is 2.95. The van der Waals surface area contributed by atoms with Gasteiger partial charge in [-0.05, 0) is 36.4 Å². The van der Waals surface area contributed by atoms with Crippen molar-refractivity contribution in [3.8, 4) is 5.75 Å². The summed E-state index contributed by atoms with van der Waals surface area (Å²) >= 11 is 0. The number of morpholine rings is 1. The molecule has 1 fully saturated rings. The highest BCUT2D eigenvalue weighted by Gasteiger charge is 2.31. The number of alkyl halides is 3. The Morgan fingerprint density at radius 2 is 1.71 bits per heavy atom. The maximum atomic E-state index is 13.0. The number of urea groups is 1. The monoisotopic (exact) mass is 459 g/mol. The second kappa shape index (κ2) is 9.12. The second-order valence-electron chi connectivity index (χ2n) is 6.54. The topological polar surface area (TPSA) is 97.0 Å². The lowest BCUT2D eigenvalue weighted by atomic mass is 10.2. The highest BCUT2D eigenvalue weighted by molar-refractivity contribution is 7.89. The number of sulfonamides is 1. The maximum Gasteiger partial charge on any atom is 0.416 e. The zero-order valence-corrected chi connectivity index (χ0v) is 17.2. The van der Waals surface area contributed by atoms with Gasteiger partial charge in [0.05, 0.1) is 25.9 Å². The van der Waals surface area contributed by atoms with Crippen LogP contribution in [0.3, 0.4) is 0 Å². The van der Waals surface area contributed by atoms with Gasteiger partial charge in [-0.2, -0.15) is 17.5 Å². The Bertz CT molecular complexity index is 1050. The van der Waals surface area contributed by atoms with Gasteiger partial charge in [0.2, 0.25) is 10.0 Å². The van der Waals surface area contributed by atoms with Crippen LogP contribution in [0.2, 0.25) is 0 Å². The van der Waals surface area contributed by atoms with Gasteiger partial charge in [0.15, 0.2) is 0 Å². The van der Waals surface area contributed by atoms with E-state index in [1.165, 1.54) is 41.7 Å². The molecule has 1 heterocycles. The molecule has 1 saturated heterocycles. The Balaban J connectivity index is 1.79. The molecule has 0 aromatic heterocycles. The normalized spacial score (nSPS) is 15.4. The average molecular weight is 459 g/mol. The van der Waals surface area contributed by atoms with E-state index in [2.05, 4.69) is 10.6 Å². The molecule has 2 N–H and O–H groups in total. The third-order valence-corrected chi connectivity index (χ3v) is 6.38. The molecule has 0 aliphatic carbocycles. The number of anilines is 2. The number of benzene rings is 2. The summed E-state index contributed by atoms with van der Waals surface area (Å²) in [5, 5.41) is 4.72. The van der Waals surface area contributed by atoms with Crippen LogP contribution in [0.1, 0.15) is 5.56 Å². The van der Waals surface area contributed by atoms with Crippen LogP contribution in [-0.2, 0) is 20.9 Å². The molecule has 2 aromatic rings. The van der Waals surface area contributed by atoms with E-state index in [0.29, 0.717) is 0 Å². The smallest absolute Gasteiger partial charge is 0.416 e.